The molecule has 330 valence electrons. The van der Waals surface area contributed by atoms with Gasteiger partial charge in [-0.05, 0) is 128 Å². The highest BCUT2D eigenvalue weighted by Gasteiger charge is 2.31. The van der Waals surface area contributed by atoms with Gasteiger partial charge >= 0.3 is 11.9 Å². The average Bonchev–Trinajstić information content (AvgIpc) is 3.29. The molecule has 0 radical (unpaired) electrons. The van der Waals surface area contributed by atoms with Crippen molar-refractivity contribution in [3.05, 3.63) is 154 Å². The summed E-state index contributed by atoms with van der Waals surface area (Å²) >= 11 is 0.534. The van der Waals surface area contributed by atoms with Gasteiger partial charge in [0.1, 0.15) is 23.1 Å². The second kappa shape index (κ2) is 19.7. The molecular weight excluding hydrogens is 890 g/mol. The van der Waals surface area contributed by atoms with Crippen LogP contribution in [-0.2, 0) is 49.7 Å². The van der Waals surface area contributed by atoms with Crippen molar-refractivity contribution >= 4 is 57.4 Å². The molecule has 13 nitrogen and oxygen atoms in total. The highest BCUT2D eigenvalue weighted by atomic mass is 35.5. The van der Waals surface area contributed by atoms with Crippen LogP contribution in [-0.4, -0.2) is 52.6 Å². The van der Waals surface area contributed by atoms with E-state index < -0.39 is 71.4 Å². The molecule has 2 aromatic heterocycles. The summed E-state index contributed by atoms with van der Waals surface area (Å²) in [5.74, 6) is -2.27. The molecular formula is C46H37ClF2N4O9S2-2. The Bertz CT molecular complexity index is 2750. The Morgan fingerprint density at radius 1 is 0.672 bits per heavy atom. The minimum absolute atomic E-state index is 0.0657. The Balaban J connectivity index is 0.894. The number of pyridine rings is 2. The zero-order chi connectivity index (χ0) is 44.9. The summed E-state index contributed by atoms with van der Waals surface area (Å²) in [5, 5.41) is -0.0657. The molecule has 0 N–H and O–H groups in total. The molecule has 0 saturated heterocycles. The molecule has 6 aromatic rings. The van der Waals surface area contributed by atoms with Crippen molar-refractivity contribution in [2.75, 3.05) is 21.8 Å². The van der Waals surface area contributed by atoms with Gasteiger partial charge in [-0.2, -0.15) is 0 Å². The monoisotopic (exact) mass is 926 g/mol. The quantitative estimate of drug-likeness (QED) is 0.0581. The summed E-state index contributed by atoms with van der Waals surface area (Å²) in [6.45, 7) is -1.24. The van der Waals surface area contributed by atoms with Gasteiger partial charge in [-0.25, -0.2) is 18.4 Å². The minimum Gasteiger partial charge on any atom is -0.755 e. The van der Waals surface area contributed by atoms with Crippen LogP contribution in [0.1, 0.15) is 60.0 Å². The van der Waals surface area contributed by atoms with Crippen molar-refractivity contribution in [3.8, 4) is 34.0 Å². The van der Waals surface area contributed by atoms with Crippen molar-refractivity contribution in [2.45, 2.75) is 50.6 Å². The van der Waals surface area contributed by atoms with Crippen molar-refractivity contribution in [1.82, 2.24) is 9.97 Å². The molecule has 0 spiro atoms. The highest BCUT2D eigenvalue weighted by Crippen LogP contribution is 2.43. The average molecular weight is 927 g/mol. The van der Waals surface area contributed by atoms with Gasteiger partial charge < -0.3 is 23.3 Å². The van der Waals surface area contributed by atoms with Gasteiger partial charge in [0, 0.05) is 33.7 Å². The maximum absolute atomic E-state index is 13.8. The summed E-state index contributed by atoms with van der Waals surface area (Å²) in [6, 6.07) is 25.6. The maximum atomic E-state index is 13.8. The van der Waals surface area contributed by atoms with Crippen LogP contribution in [0.3, 0.4) is 0 Å². The van der Waals surface area contributed by atoms with Gasteiger partial charge in [-0.15, -0.1) is 0 Å². The van der Waals surface area contributed by atoms with Gasteiger partial charge in [0.2, 0.25) is 0 Å². The summed E-state index contributed by atoms with van der Waals surface area (Å²) in [7, 11) is 0. The smallest absolute Gasteiger partial charge is 0.351 e. The van der Waals surface area contributed by atoms with E-state index in [1.54, 1.807) is 72.8 Å². The lowest BCUT2D eigenvalue weighted by Crippen LogP contribution is -2.33. The third-order valence-corrected chi connectivity index (χ3v) is 12.9. The Hall–Kier alpha value is -6.11. The zero-order valence-corrected chi connectivity index (χ0v) is 36.1. The lowest BCUT2D eigenvalue weighted by molar-refractivity contribution is -0.162. The number of hydrogen-bond donors (Lipinski definition) is 0. The van der Waals surface area contributed by atoms with E-state index in [0.29, 0.717) is 106 Å². The SMILES string of the molecule is O=C(COc1cccc2c1CCCC2N(c1ccc(-c2cccc(F)c2)nc1)S(=O)[O-])OC(=O)COc1cccc2c1CCCC2N(c1ccc(-c2ccc(F)c(Cl)c2)nc1)S(=O)[O-]. The van der Waals surface area contributed by atoms with Crippen LogP contribution in [0.25, 0.3) is 22.5 Å². The molecule has 18 heteroatoms. The fourth-order valence-electron chi connectivity index (χ4n) is 8.21. The number of aromatic nitrogens is 2. The molecule has 4 aromatic carbocycles. The van der Waals surface area contributed by atoms with Crippen molar-refractivity contribution in [2.24, 2.45) is 0 Å². The number of halogens is 3. The van der Waals surface area contributed by atoms with Crippen LogP contribution in [0.4, 0.5) is 20.2 Å². The number of anilines is 2. The van der Waals surface area contributed by atoms with Crippen molar-refractivity contribution in [1.29, 1.82) is 0 Å². The Morgan fingerprint density at radius 2 is 1.17 bits per heavy atom. The summed E-state index contributed by atoms with van der Waals surface area (Å²) in [6.07, 6.45) is 6.11. The van der Waals surface area contributed by atoms with Crippen LogP contribution in [0, 0.1) is 11.6 Å². The molecule has 2 aliphatic carbocycles. The predicted octanol–water partition coefficient (Wildman–Crippen LogP) is 8.63. The summed E-state index contributed by atoms with van der Waals surface area (Å²) in [5.41, 5.74) is 5.43. The Labute approximate surface area is 376 Å². The van der Waals surface area contributed by atoms with Gasteiger partial charge in [0.15, 0.2) is 13.2 Å². The number of fused-ring (bicyclic) bond motifs is 2. The molecule has 8 rings (SSSR count). The van der Waals surface area contributed by atoms with Gasteiger partial charge in [-0.3, -0.25) is 27.0 Å². The molecule has 4 unspecified atom stereocenters. The molecule has 0 aliphatic heterocycles. The third-order valence-electron chi connectivity index (χ3n) is 11.0. The third kappa shape index (κ3) is 9.83. The van der Waals surface area contributed by atoms with E-state index in [1.165, 1.54) is 51.3 Å². The summed E-state index contributed by atoms with van der Waals surface area (Å²) in [4.78, 5) is 34.5. The molecule has 2 aliphatic rings. The number of esters is 2. The first kappa shape index (κ1) is 44.5. The van der Waals surface area contributed by atoms with Crippen LogP contribution in [0.2, 0.25) is 5.02 Å². The van der Waals surface area contributed by atoms with E-state index in [1.807, 2.05) is 0 Å². The fourth-order valence-corrected chi connectivity index (χ4v) is 9.81. The molecule has 2 heterocycles. The first-order chi connectivity index (χ1) is 30.9. The van der Waals surface area contributed by atoms with Crippen LogP contribution in [0.15, 0.2) is 116 Å². The zero-order valence-electron chi connectivity index (χ0n) is 33.7. The fraction of sp³-hybridized carbons (Fsp3) is 0.217. The highest BCUT2D eigenvalue weighted by molar-refractivity contribution is 7.80. The summed E-state index contributed by atoms with van der Waals surface area (Å²) < 4.78 is 97.5. The second-order valence-electron chi connectivity index (χ2n) is 14.9. The largest absolute Gasteiger partial charge is 0.755 e. The number of carbonyl (C=O) groups is 2. The van der Waals surface area contributed by atoms with Crippen LogP contribution >= 0.6 is 11.6 Å². The normalized spacial score (nSPS) is 16.4. The van der Waals surface area contributed by atoms with E-state index in [9.17, 15) is 35.9 Å². The van der Waals surface area contributed by atoms with Crippen LogP contribution < -0.4 is 18.1 Å². The second-order valence-corrected chi connectivity index (χ2v) is 17.0. The van der Waals surface area contributed by atoms with Crippen molar-refractivity contribution < 1.29 is 50.1 Å². The van der Waals surface area contributed by atoms with E-state index in [2.05, 4.69) is 9.97 Å². The first-order valence-electron chi connectivity index (χ1n) is 20.1. The van der Waals surface area contributed by atoms with E-state index in [0.717, 1.165) is 0 Å². The Morgan fingerprint density at radius 3 is 1.62 bits per heavy atom. The number of ether oxygens (including phenoxy) is 3. The van der Waals surface area contributed by atoms with Gasteiger partial charge in [0.05, 0.1) is 52.3 Å². The number of hydrogen-bond acceptors (Lipinski definition) is 11. The van der Waals surface area contributed by atoms with E-state index >= 15 is 0 Å². The molecule has 0 amide bonds. The maximum Gasteiger partial charge on any atom is 0.351 e. The molecule has 64 heavy (non-hydrogen) atoms. The standard InChI is InChI=1S/C46H39ClF2N4O9S2/c47-37-23-29(16-19-38(37)49)40-21-18-32(25-51-40)53(64(58)59)42-13-3-11-36-34(42)9-5-15-44(36)61-27-46(55)62-45(54)26-60-43-14-4-8-33-35(43)10-2-12-41(33)52(63(56)57)31-17-20-39(50-24-31)28-6-1-7-30(48)22-28/h1,4-9,14-25,41-42H,2-3,10-13,26-27H2,(H,56,57)(H,58,59)/p-2. The predicted molar refractivity (Wildman–Crippen MR) is 233 cm³/mol. The topological polar surface area (TPSA) is 174 Å². The lowest BCUT2D eigenvalue weighted by atomic mass is 9.87. The van der Waals surface area contributed by atoms with E-state index in [-0.39, 0.29) is 5.02 Å². The van der Waals surface area contributed by atoms with Gasteiger partial charge in [0.25, 0.3) is 0 Å². The van der Waals surface area contributed by atoms with Crippen LogP contribution in [0.5, 0.6) is 11.5 Å². The van der Waals surface area contributed by atoms with Crippen molar-refractivity contribution in [3.63, 3.8) is 0 Å². The minimum atomic E-state index is -2.71. The first-order valence-corrected chi connectivity index (χ1v) is 22.5. The number of benzene rings is 4. The Kier molecular flexibility index (Phi) is 13.7. The number of carbonyl (C=O) groups excluding carboxylic acids is 2. The molecule has 0 fully saturated rings. The number of rotatable bonds is 14. The molecule has 0 bridgehead atoms. The van der Waals surface area contributed by atoms with E-state index in [4.69, 9.17) is 25.8 Å². The molecule has 0 saturated carbocycles. The number of nitrogens with zero attached hydrogens (tertiary/aromatic N) is 4. The van der Waals surface area contributed by atoms with Gasteiger partial charge in [-0.1, -0.05) is 48.0 Å². The molecule has 4 atom stereocenters. The lowest BCUT2D eigenvalue weighted by Gasteiger charge is -2.38.